The quantitative estimate of drug-likeness (QED) is 0.562. The van der Waals surface area contributed by atoms with E-state index >= 15 is 0 Å². The number of ether oxygens (including phenoxy) is 1. The zero-order valence-electron chi connectivity index (χ0n) is 18.2. The maximum Gasteiger partial charge on any atom is 0.242 e. The maximum atomic E-state index is 13.3. The fourth-order valence-corrected chi connectivity index (χ4v) is 4.39. The van der Waals surface area contributed by atoms with Crippen LogP contribution < -0.4 is 5.32 Å². The minimum absolute atomic E-state index is 0.0159. The van der Waals surface area contributed by atoms with Crippen molar-refractivity contribution < 1.29 is 17.5 Å². The summed E-state index contributed by atoms with van der Waals surface area (Å²) in [6.45, 7) is 3.77. The Morgan fingerprint density at radius 1 is 1.16 bits per heavy atom. The summed E-state index contributed by atoms with van der Waals surface area (Å²) in [6, 6.07) is 13.2. The lowest BCUT2D eigenvalue weighted by Crippen LogP contribution is -2.50. The van der Waals surface area contributed by atoms with Gasteiger partial charge in [0.2, 0.25) is 10.0 Å². The third-order valence-corrected chi connectivity index (χ3v) is 7.00. The molecule has 1 N–H and O–H groups in total. The van der Waals surface area contributed by atoms with Crippen LogP contribution in [-0.4, -0.2) is 63.9 Å². The molecule has 0 bridgehead atoms. The van der Waals surface area contributed by atoms with E-state index in [-0.39, 0.29) is 22.9 Å². The molecule has 0 saturated carbocycles. The molecular weight excluding hydrogens is 419 g/mol. The summed E-state index contributed by atoms with van der Waals surface area (Å²) in [7, 11) is 1.30. The number of sulfonamides is 1. The van der Waals surface area contributed by atoms with Crippen LogP contribution >= 0.6 is 0 Å². The predicted octanol–water partition coefficient (Wildman–Crippen LogP) is 2.61. The van der Waals surface area contributed by atoms with Crippen molar-refractivity contribution >= 4 is 16.0 Å². The van der Waals surface area contributed by atoms with Gasteiger partial charge in [-0.05, 0) is 42.3 Å². The first-order valence-corrected chi connectivity index (χ1v) is 11.5. The third-order valence-electron chi connectivity index (χ3n) is 5.17. The average Bonchev–Trinajstić information content (AvgIpc) is 2.74. The molecule has 2 aromatic carbocycles. The van der Waals surface area contributed by atoms with Gasteiger partial charge in [0.15, 0.2) is 5.96 Å². The molecule has 2 aromatic rings. The first-order valence-electron chi connectivity index (χ1n) is 10.1. The number of halogens is 1. The molecule has 1 heterocycles. The average molecular weight is 449 g/mol. The minimum atomic E-state index is -3.44. The van der Waals surface area contributed by atoms with E-state index in [1.54, 1.807) is 43.4 Å². The summed E-state index contributed by atoms with van der Waals surface area (Å²) in [4.78, 5) is 6.77. The molecule has 7 nitrogen and oxygen atoms in total. The van der Waals surface area contributed by atoms with Gasteiger partial charge >= 0.3 is 0 Å². The highest BCUT2D eigenvalue weighted by atomic mass is 32.2. The second kappa shape index (κ2) is 9.76. The number of hydrogen-bond acceptors (Lipinski definition) is 4. The Bertz CT molecular complexity index is 1010. The lowest BCUT2D eigenvalue weighted by atomic mass is 10.1. The molecule has 0 aliphatic carbocycles. The van der Waals surface area contributed by atoms with Gasteiger partial charge in [-0.1, -0.05) is 24.3 Å². The van der Waals surface area contributed by atoms with Gasteiger partial charge in [-0.3, -0.25) is 4.99 Å². The minimum Gasteiger partial charge on any atom is -0.367 e. The fraction of sp³-hybridized carbons (Fsp3) is 0.409. The van der Waals surface area contributed by atoms with Crippen molar-refractivity contribution in [2.45, 2.75) is 30.6 Å². The maximum absolute atomic E-state index is 13.3. The fourth-order valence-electron chi connectivity index (χ4n) is 3.49. The van der Waals surface area contributed by atoms with Crippen LogP contribution in [0.2, 0.25) is 0 Å². The summed E-state index contributed by atoms with van der Waals surface area (Å²) < 4.78 is 44.9. The van der Waals surface area contributed by atoms with Crippen LogP contribution in [-0.2, 0) is 21.3 Å². The highest BCUT2D eigenvalue weighted by Gasteiger charge is 2.28. The molecule has 3 rings (SSSR count). The SMILES string of the molecule is CN=C(NCc1ccc(S(=O)(=O)N(C)C)cc1)N1CC(C)OC(c2ccc(F)cc2)C1. The number of benzene rings is 2. The second-order valence-electron chi connectivity index (χ2n) is 7.72. The van der Waals surface area contributed by atoms with E-state index in [0.717, 1.165) is 17.1 Å². The first-order chi connectivity index (χ1) is 14.7. The lowest BCUT2D eigenvalue weighted by molar-refractivity contribution is -0.0605. The van der Waals surface area contributed by atoms with Crippen LogP contribution in [0.1, 0.15) is 24.2 Å². The Morgan fingerprint density at radius 2 is 1.81 bits per heavy atom. The normalized spacial score (nSPS) is 20.2. The van der Waals surface area contributed by atoms with Crippen molar-refractivity contribution in [3.63, 3.8) is 0 Å². The van der Waals surface area contributed by atoms with Gasteiger partial charge in [-0.25, -0.2) is 17.1 Å². The Hall–Kier alpha value is -2.49. The molecule has 1 saturated heterocycles. The van der Waals surface area contributed by atoms with Crippen LogP contribution in [0.3, 0.4) is 0 Å². The van der Waals surface area contributed by atoms with E-state index in [1.165, 1.54) is 30.5 Å². The highest BCUT2D eigenvalue weighted by molar-refractivity contribution is 7.89. The van der Waals surface area contributed by atoms with Crippen molar-refractivity contribution in [1.82, 2.24) is 14.5 Å². The van der Waals surface area contributed by atoms with E-state index in [1.807, 2.05) is 6.92 Å². The van der Waals surface area contributed by atoms with E-state index < -0.39 is 10.0 Å². The molecule has 168 valence electrons. The van der Waals surface area contributed by atoms with Gasteiger partial charge < -0.3 is 15.0 Å². The van der Waals surface area contributed by atoms with E-state index in [4.69, 9.17) is 4.74 Å². The molecule has 0 spiro atoms. The summed E-state index contributed by atoms with van der Waals surface area (Å²) >= 11 is 0. The Kier molecular flexibility index (Phi) is 7.30. The van der Waals surface area contributed by atoms with Crippen molar-refractivity contribution in [1.29, 1.82) is 0 Å². The molecule has 9 heteroatoms. The standard InChI is InChI=1S/C22H29FN4O3S/c1-16-14-27(15-21(30-16)18-7-9-19(23)10-8-18)22(24-2)25-13-17-5-11-20(12-6-17)31(28,29)26(3)4/h5-12,16,21H,13-15H2,1-4H3,(H,24,25). The molecular formula is C22H29FN4O3S. The summed E-state index contributed by atoms with van der Waals surface area (Å²) in [5.74, 6) is 0.457. The van der Waals surface area contributed by atoms with Crippen molar-refractivity contribution in [2.75, 3.05) is 34.2 Å². The second-order valence-corrected chi connectivity index (χ2v) is 9.88. The van der Waals surface area contributed by atoms with E-state index in [2.05, 4.69) is 15.2 Å². The topological polar surface area (TPSA) is 74.2 Å². The van der Waals surface area contributed by atoms with Gasteiger partial charge in [-0.2, -0.15) is 0 Å². The van der Waals surface area contributed by atoms with Gasteiger partial charge in [0.05, 0.1) is 17.5 Å². The molecule has 2 atom stereocenters. The van der Waals surface area contributed by atoms with Crippen LogP contribution in [0.5, 0.6) is 0 Å². The number of nitrogens with zero attached hydrogens (tertiary/aromatic N) is 3. The van der Waals surface area contributed by atoms with Gasteiger partial charge in [-0.15, -0.1) is 0 Å². The van der Waals surface area contributed by atoms with Crippen LogP contribution in [0.25, 0.3) is 0 Å². The van der Waals surface area contributed by atoms with Crippen molar-refractivity contribution in [2.24, 2.45) is 4.99 Å². The molecule has 31 heavy (non-hydrogen) atoms. The molecule has 0 aromatic heterocycles. The van der Waals surface area contributed by atoms with Crippen LogP contribution in [0, 0.1) is 5.82 Å². The third kappa shape index (κ3) is 5.61. The Labute approximate surface area is 183 Å². The predicted molar refractivity (Wildman–Crippen MR) is 119 cm³/mol. The zero-order chi connectivity index (χ0) is 22.6. The van der Waals surface area contributed by atoms with Crippen LogP contribution in [0.4, 0.5) is 4.39 Å². The number of guanidine groups is 1. The molecule has 1 aliphatic rings. The van der Waals surface area contributed by atoms with E-state index in [0.29, 0.717) is 19.6 Å². The molecule has 0 amide bonds. The lowest BCUT2D eigenvalue weighted by Gasteiger charge is -2.38. The zero-order valence-corrected chi connectivity index (χ0v) is 19.1. The summed E-state index contributed by atoms with van der Waals surface area (Å²) in [5, 5.41) is 3.34. The number of morpholine rings is 1. The van der Waals surface area contributed by atoms with Crippen LogP contribution in [0.15, 0.2) is 58.4 Å². The molecule has 2 unspecified atom stereocenters. The Morgan fingerprint density at radius 3 is 2.39 bits per heavy atom. The van der Waals surface area contributed by atoms with Crippen molar-refractivity contribution in [3.8, 4) is 0 Å². The number of nitrogens with one attached hydrogen (secondary N) is 1. The molecule has 0 radical (unpaired) electrons. The van der Waals surface area contributed by atoms with Crippen molar-refractivity contribution in [3.05, 3.63) is 65.5 Å². The van der Waals surface area contributed by atoms with Gasteiger partial charge in [0, 0.05) is 34.2 Å². The van der Waals surface area contributed by atoms with Gasteiger partial charge in [0.25, 0.3) is 0 Å². The smallest absolute Gasteiger partial charge is 0.242 e. The number of rotatable bonds is 5. The number of aliphatic imine (C=N–C) groups is 1. The first kappa shape index (κ1) is 23.2. The van der Waals surface area contributed by atoms with Gasteiger partial charge in [0.1, 0.15) is 11.9 Å². The Balaban J connectivity index is 1.66. The summed E-state index contributed by atoms with van der Waals surface area (Å²) in [5.41, 5.74) is 1.86. The molecule has 1 aliphatic heterocycles. The summed E-state index contributed by atoms with van der Waals surface area (Å²) in [6.07, 6.45) is -0.198. The largest absolute Gasteiger partial charge is 0.367 e. The monoisotopic (exact) mass is 448 g/mol. The molecule has 1 fully saturated rings. The van der Waals surface area contributed by atoms with E-state index in [9.17, 15) is 12.8 Å². The number of hydrogen-bond donors (Lipinski definition) is 1. The highest BCUT2D eigenvalue weighted by Crippen LogP contribution is 2.25.